The minimum absolute atomic E-state index is 0.103. The van der Waals surface area contributed by atoms with Gasteiger partial charge in [0.05, 0.1) is 19.0 Å². The molecule has 0 aromatic carbocycles. The Bertz CT molecular complexity index is 393. The van der Waals surface area contributed by atoms with Crippen molar-refractivity contribution in [3.8, 4) is 0 Å². The summed E-state index contributed by atoms with van der Waals surface area (Å²) in [4.78, 5) is 0. The van der Waals surface area contributed by atoms with Gasteiger partial charge in [-0.15, -0.1) is 0 Å². The molecule has 1 aromatic rings. The lowest BCUT2D eigenvalue weighted by Gasteiger charge is -2.02. The summed E-state index contributed by atoms with van der Waals surface area (Å²) in [5.41, 5.74) is 11.2. The highest BCUT2D eigenvalue weighted by molar-refractivity contribution is 9.10. The van der Waals surface area contributed by atoms with Crippen LogP contribution in [-0.4, -0.2) is 16.9 Å². The molecule has 0 unspecified atom stereocenters. The average molecular weight is 277 g/mol. The van der Waals surface area contributed by atoms with E-state index in [-0.39, 0.29) is 10.5 Å². The number of hydrogen-bond acceptors (Lipinski definition) is 4. The van der Waals surface area contributed by atoms with Crippen LogP contribution in [0.1, 0.15) is 0 Å². The standard InChI is InChI=1S/C8H10BrFN4O/c1-15-7(12)2-5(3-11)14-4-6(10)8(9)13-14/h2-4H,11-12H2,1H3/b5-3+,7-2+. The van der Waals surface area contributed by atoms with Gasteiger partial charge >= 0.3 is 0 Å². The Morgan fingerprint density at radius 3 is 2.80 bits per heavy atom. The number of nitrogens with two attached hydrogens (primary N) is 2. The van der Waals surface area contributed by atoms with Crippen molar-refractivity contribution in [2.24, 2.45) is 11.5 Å². The Kier molecular flexibility index (Phi) is 3.73. The van der Waals surface area contributed by atoms with E-state index >= 15 is 0 Å². The molecule has 0 atom stereocenters. The third kappa shape index (κ3) is 2.72. The molecule has 1 heterocycles. The zero-order chi connectivity index (χ0) is 11.4. The first-order valence-electron chi connectivity index (χ1n) is 3.92. The topological polar surface area (TPSA) is 79.1 Å². The van der Waals surface area contributed by atoms with Crippen molar-refractivity contribution in [1.82, 2.24) is 9.78 Å². The predicted octanol–water partition coefficient (Wildman–Crippen LogP) is 0.988. The molecule has 0 fully saturated rings. The van der Waals surface area contributed by atoms with Gasteiger partial charge in [0, 0.05) is 12.3 Å². The summed E-state index contributed by atoms with van der Waals surface area (Å²) in [6, 6.07) is 0. The van der Waals surface area contributed by atoms with Crippen LogP contribution in [0.3, 0.4) is 0 Å². The molecule has 5 nitrogen and oxygen atoms in total. The summed E-state index contributed by atoms with van der Waals surface area (Å²) in [5, 5.41) is 3.82. The molecule has 15 heavy (non-hydrogen) atoms. The van der Waals surface area contributed by atoms with Crippen LogP contribution in [0, 0.1) is 5.82 Å². The summed E-state index contributed by atoms with van der Waals surface area (Å²) < 4.78 is 19.1. The fourth-order valence-electron chi connectivity index (χ4n) is 0.859. The molecule has 0 aliphatic rings. The number of hydrogen-bond donors (Lipinski definition) is 2. The number of allylic oxidation sites excluding steroid dienone is 2. The van der Waals surface area contributed by atoms with E-state index < -0.39 is 5.82 Å². The van der Waals surface area contributed by atoms with Crippen LogP contribution in [0.2, 0.25) is 0 Å². The van der Waals surface area contributed by atoms with E-state index in [1.165, 1.54) is 30.3 Å². The van der Waals surface area contributed by atoms with Gasteiger partial charge in [0.1, 0.15) is 0 Å². The van der Waals surface area contributed by atoms with E-state index in [2.05, 4.69) is 21.0 Å². The van der Waals surface area contributed by atoms with E-state index in [1.54, 1.807) is 0 Å². The maximum Gasteiger partial charge on any atom is 0.185 e. The summed E-state index contributed by atoms with van der Waals surface area (Å²) in [5.74, 6) is -0.336. The van der Waals surface area contributed by atoms with E-state index in [1.807, 2.05) is 0 Å². The van der Waals surface area contributed by atoms with Gasteiger partial charge in [-0.3, -0.25) is 0 Å². The Morgan fingerprint density at radius 1 is 1.73 bits per heavy atom. The lowest BCUT2D eigenvalue weighted by Crippen LogP contribution is -2.04. The summed E-state index contributed by atoms with van der Waals surface area (Å²) in [6.07, 6.45) is 3.84. The van der Waals surface area contributed by atoms with Crippen molar-refractivity contribution < 1.29 is 9.13 Å². The molecule has 0 aliphatic heterocycles. The fraction of sp³-hybridized carbons (Fsp3) is 0.125. The molecule has 0 aliphatic carbocycles. The number of ether oxygens (including phenoxy) is 1. The van der Waals surface area contributed by atoms with Gasteiger partial charge < -0.3 is 16.2 Å². The van der Waals surface area contributed by atoms with Crippen molar-refractivity contribution in [1.29, 1.82) is 0 Å². The van der Waals surface area contributed by atoms with E-state index in [0.29, 0.717) is 5.70 Å². The minimum Gasteiger partial charge on any atom is -0.483 e. The van der Waals surface area contributed by atoms with Gasteiger partial charge in [-0.1, -0.05) is 0 Å². The summed E-state index contributed by atoms with van der Waals surface area (Å²) >= 11 is 2.94. The smallest absolute Gasteiger partial charge is 0.185 e. The second kappa shape index (κ2) is 4.83. The number of methoxy groups -OCH3 is 1. The number of rotatable bonds is 3. The van der Waals surface area contributed by atoms with Gasteiger partial charge in [0.2, 0.25) is 0 Å². The first-order valence-corrected chi connectivity index (χ1v) is 4.72. The number of nitrogens with zero attached hydrogens (tertiary/aromatic N) is 2. The van der Waals surface area contributed by atoms with E-state index in [0.717, 1.165) is 0 Å². The second-order valence-corrected chi connectivity index (χ2v) is 3.31. The van der Waals surface area contributed by atoms with Crippen molar-refractivity contribution in [2.45, 2.75) is 0 Å². The molecule has 0 saturated carbocycles. The van der Waals surface area contributed by atoms with Crippen molar-refractivity contribution in [3.05, 3.63) is 34.8 Å². The van der Waals surface area contributed by atoms with Crippen molar-refractivity contribution in [2.75, 3.05) is 7.11 Å². The minimum atomic E-state index is -0.487. The zero-order valence-electron chi connectivity index (χ0n) is 7.95. The Hall–Kier alpha value is -1.50. The molecule has 0 spiro atoms. The largest absolute Gasteiger partial charge is 0.483 e. The molecular formula is C8H10BrFN4O. The van der Waals surface area contributed by atoms with Gasteiger partial charge in [-0.2, -0.15) is 5.10 Å². The molecule has 0 saturated heterocycles. The highest BCUT2D eigenvalue weighted by Crippen LogP contribution is 2.15. The quantitative estimate of drug-likeness (QED) is 0.638. The molecule has 7 heteroatoms. The van der Waals surface area contributed by atoms with E-state index in [4.69, 9.17) is 16.2 Å². The van der Waals surface area contributed by atoms with Crippen LogP contribution in [0.5, 0.6) is 0 Å². The molecule has 0 bridgehead atoms. The van der Waals surface area contributed by atoms with Crippen LogP contribution in [0.15, 0.2) is 29.0 Å². The molecule has 0 amide bonds. The molecule has 82 valence electrons. The predicted molar refractivity (Wildman–Crippen MR) is 57.6 cm³/mol. The van der Waals surface area contributed by atoms with Gasteiger partial charge in [-0.25, -0.2) is 9.07 Å². The first kappa shape index (κ1) is 11.6. The number of aromatic nitrogens is 2. The molecular weight excluding hydrogens is 267 g/mol. The zero-order valence-corrected chi connectivity index (χ0v) is 9.53. The average Bonchev–Trinajstić information content (AvgIpc) is 2.55. The van der Waals surface area contributed by atoms with Crippen LogP contribution in [0.4, 0.5) is 4.39 Å². The van der Waals surface area contributed by atoms with Crippen LogP contribution in [0.25, 0.3) is 5.70 Å². The lowest BCUT2D eigenvalue weighted by molar-refractivity contribution is 0.287. The Balaban J connectivity index is 3.04. The van der Waals surface area contributed by atoms with Crippen molar-refractivity contribution >= 4 is 21.6 Å². The van der Waals surface area contributed by atoms with Crippen LogP contribution in [-0.2, 0) is 4.74 Å². The van der Waals surface area contributed by atoms with E-state index in [9.17, 15) is 4.39 Å². The third-order valence-corrected chi connectivity index (χ3v) is 2.13. The summed E-state index contributed by atoms with van der Waals surface area (Å²) in [7, 11) is 1.42. The van der Waals surface area contributed by atoms with Gasteiger partial charge in [0.25, 0.3) is 0 Å². The highest BCUT2D eigenvalue weighted by atomic mass is 79.9. The maximum absolute atomic E-state index is 13.0. The lowest BCUT2D eigenvalue weighted by atomic mass is 10.4. The van der Waals surface area contributed by atoms with Crippen molar-refractivity contribution in [3.63, 3.8) is 0 Å². The second-order valence-electron chi connectivity index (χ2n) is 2.55. The molecule has 1 aromatic heterocycles. The molecule has 1 rings (SSSR count). The SMILES string of the molecule is CO/C(N)=C/C(=C\N)n1cc(F)c(Br)n1. The van der Waals surface area contributed by atoms with Crippen LogP contribution >= 0.6 is 15.9 Å². The fourth-order valence-corrected chi connectivity index (χ4v) is 1.13. The third-order valence-electron chi connectivity index (χ3n) is 1.59. The highest BCUT2D eigenvalue weighted by Gasteiger charge is 2.07. The Labute approximate surface area is 94.3 Å². The normalized spacial score (nSPS) is 13.0. The summed E-state index contributed by atoms with van der Waals surface area (Å²) in [6.45, 7) is 0. The maximum atomic E-state index is 13.0. The monoisotopic (exact) mass is 276 g/mol. The first-order chi connectivity index (χ1) is 7.08. The Morgan fingerprint density at radius 2 is 2.40 bits per heavy atom. The molecule has 0 radical (unpaired) electrons. The van der Waals surface area contributed by atoms with Gasteiger partial charge in [0.15, 0.2) is 16.3 Å². The number of halogens is 2. The van der Waals surface area contributed by atoms with Crippen LogP contribution < -0.4 is 11.5 Å². The van der Waals surface area contributed by atoms with Gasteiger partial charge in [-0.05, 0) is 15.9 Å². The molecule has 4 N–H and O–H groups in total.